The second-order valence-electron chi connectivity index (χ2n) is 2.71. The van der Waals surface area contributed by atoms with Crippen LogP contribution >= 0.6 is 0 Å². The summed E-state index contributed by atoms with van der Waals surface area (Å²) in [4.78, 5) is 11.2. The van der Waals surface area contributed by atoms with Crippen molar-refractivity contribution >= 4 is 5.78 Å². The molecule has 2 bridgehead atoms. The van der Waals surface area contributed by atoms with Crippen LogP contribution in [0, 0.1) is 11.8 Å². The van der Waals surface area contributed by atoms with Crippen molar-refractivity contribution in [2.75, 3.05) is 0 Å². The number of hydrogen-bond acceptors (Lipinski definition) is 1. The van der Waals surface area contributed by atoms with Crippen LogP contribution in [0.15, 0.2) is 36.5 Å². The van der Waals surface area contributed by atoms with E-state index in [0.29, 0.717) is 0 Å². The summed E-state index contributed by atoms with van der Waals surface area (Å²) in [5.41, 5.74) is 0.745. The Balaban J connectivity index is 2.52. The van der Waals surface area contributed by atoms with E-state index in [1.165, 1.54) is 0 Å². The Kier molecular flexibility index (Phi) is 0.956. The van der Waals surface area contributed by atoms with Gasteiger partial charge in [0.2, 0.25) is 0 Å². The first-order chi connectivity index (χ1) is 4.79. The van der Waals surface area contributed by atoms with Crippen molar-refractivity contribution in [3.05, 3.63) is 36.5 Å². The number of allylic oxidation sites excluding steroid dienone is 5. The number of rotatable bonds is 0. The maximum absolute atomic E-state index is 11.2. The van der Waals surface area contributed by atoms with Crippen molar-refractivity contribution in [3.63, 3.8) is 0 Å². The molecule has 1 nitrogen and oxygen atoms in total. The second-order valence-corrected chi connectivity index (χ2v) is 2.71. The Hall–Kier alpha value is -1.11. The van der Waals surface area contributed by atoms with Crippen LogP contribution in [0.4, 0.5) is 0 Å². The van der Waals surface area contributed by atoms with Gasteiger partial charge in [-0.1, -0.05) is 30.9 Å². The van der Waals surface area contributed by atoms with Gasteiger partial charge < -0.3 is 0 Å². The van der Waals surface area contributed by atoms with Crippen LogP contribution < -0.4 is 0 Å². The molecule has 0 N–H and O–H groups in total. The summed E-state index contributed by atoms with van der Waals surface area (Å²) >= 11 is 0. The molecule has 0 aliphatic heterocycles. The predicted molar refractivity (Wildman–Crippen MR) is 39.4 cm³/mol. The van der Waals surface area contributed by atoms with Gasteiger partial charge in [0, 0.05) is 5.92 Å². The molecule has 3 aliphatic rings. The largest absolute Gasteiger partial charge is 0.294 e. The zero-order valence-corrected chi connectivity index (χ0v) is 5.58. The second kappa shape index (κ2) is 1.69. The molecule has 0 unspecified atom stereocenters. The summed E-state index contributed by atoms with van der Waals surface area (Å²) in [5.74, 6) is 0.380. The minimum absolute atomic E-state index is 0.00231. The van der Waals surface area contributed by atoms with Gasteiger partial charge in [-0.25, -0.2) is 0 Å². The fourth-order valence-corrected chi connectivity index (χ4v) is 1.39. The highest BCUT2D eigenvalue weighted by molar-refractivity contribution is 6.02. The lowest BCUT2D eigenvalue weighted by molar-refractivity contribution is -0.117. The standard InChI is InChI=1S/C9H8O/c1-6-7-2-4-8(5-3-7)9(6)10/h2-5,7-8H,1H2. The van der Waals surface area contributed by atoms with E-state index in [-0.39, 0.29) is 17.6 Å². The maximum atomic E-state index is 11.2. The quantitative estimate of drug-likeness (QED) is 0.360. The minimum atomic E-state index is -0.00231. The lowest BCUT2D eigenvalue weighted by atomic mass is 9.78. The monoisotopic (exact) mass is 132 g/mol. The average Bonchev–Trinajstić information content (AvgIpc) is 2.00. The van der Waals surface area contributed by atoms with Crippen molar-refractivity contribution in [1.82, 2.24) is 0 Å². The van der Waals surface area contributed by atoms with Crippen LogP contribution in [-0.2, 0) is 4.79 Å². The summed E-state index contributed by atoms with van der Waals surface area (Å²) in [6, 6.07) is 0. The summed E-state index contributed by atoms with van der Waals surface area (Å²) in [6.07, 6.45) is 7.96. The molecule has 0 amide bonds. The number of Topliss-reactive ketones (excluding diaryl/α,β-unsaturated/α-hetero) is 1. The summed E-state index contributed by atoms with van der Waals surface area (Å²) in [7, 11) is 0. The third-order valence-corrected chi connectivity index (χ3v) is 2.07. The highest BCUT2D eigenvalue weighted by atomic mass is 16.1. The molecule has 1 heteroatoms. The van der Waals surface area contributed by atoms with Gasteiger partial charge in [0.05, 0.1) is 5.92 Å². The van der Waals surface area contributed by atoms with Gasteiger partial charge >= 0.3 is 0 Å². The van der Waals surface area contributed by atoms with Crippen LogP contribution in [0.5, 0.6) is 0 Å². The summed E-state index contributed by atoms with van der Waals surface area (Å²) < 4.78 is 0. The Morgan fingerprint density at radius 1 is 1.10 bits per heavy atom. The van der Waals surface area contributed by atoms with Gasteiger partial charge in [0.15, 0.2) is 5.78 Å². The topological polar surface area (TPSA) is 17.1 Å². The van der Waals surface area contributed by atoms with Crippen LogP contribution in [0.1, 0.15) is 0 Å². The highest BCUT2D eigenvalue weighted by Crippen LogP contribution is 2.30. The first-order valence-electron chi connectivity index (χ1n) is 3.39. The molecule has 0 aromatic rings. The molecule has 0 spiro atoms. The molecular formula is C9H8O. The smallest absolute Gasteiger partial charge is 0.169 e. The number of hydrogen-bond donors (Lipinski definition) is 0. The molecule has 0 heterocycles. The third-order valence-electron chi connectivity index (χ3n) is 2.07. The first-order valence-corrected chi connectivity index (χ1v) is 3.39. The average molecular weight is 132 g/mol. The number of carbonyl (C=O) groups excluding carboxylic acids is 1. The van der Waals surface area contributed by atoms with Crippen molar-refractivity contribution in [3.8, 4) is 0 Å². The molecule has 3 aliphatic carbocycles. The van der Waals surface area contributed by atoms with E-state index in [1.807, 2.05) is 24.3 Å². The molecule has 50 valence electrons. The van der Waals surface area contributed by atoms with Crippen molar-refractivity contribution in [2.45, 2.75) is 0 Å². The lowest BCUT2D eigenvalue weighted by Crippen LogP contribution is -2.24. The van der Waals surface area contributed by atoms with Gasteiger partial charge in [0.25, 0.3) is 0 Å². The Morgan fingerprint density at radius 3 is 1.90 bits per heavy atom. The van der Waals surface area contributed by atoms with E-state index in [2.05, 4.69) is 6.58 Å². The minimum Gasteiger partial charge on any atom is -0.294 e. The molecule has 0 saturated heterocycles. The summed E-state index contributed by atoms with van der Waals surface area (Å²) in [5, 5.41) is 0. The molecule has 3 rings (SSSR count). The van der Waals surface area contributed by atoms with Gasteiger partial charge in [-0.2, -0.15) is 0 Å². The van der Waals surface area contributed by atoms with Crippen molar-refractivity contribution in [1.29, 1.82) is 0 Å². The molecule has 0 saturated carbocycles. The third kappa shape index (κ3) is 0.548. The maximum Gasteiger partial charge on any atom is 0.169 e. The van der Waals surface area contributed by atoms with E-state index in [1.54, 1.807) is 0 Å². The van der Waals surface area contributed by atoms with Crippen LogP contribution in [-0.4, -0.2) is 5.78 Å². The van der Waals surface area contributed by atoms with E-state index >= 15 is 0 Å². The van der Waals surface area contributed by atoms with Gasteiger partial charge in [-0.15, -0.1) is 0 Å². The van der Waals surface area contributed by atoms with Gasteiger partial charge in [-0.05, 0) is 5.57 Å². The zero-order valence-electron chi connectivity index (χ0n) is 5.58. The van der Waals surface area contributed by atoms with Gasteiger partial charge in [-0.3, -0.25) is 4.79 Å². The number of carbonyl (C=O) groups is 1. The molecule has 0 aromatic carbocycles. The lowest BCUT2D eigenvalue weighted by Gasteiger charge is -2.25. The fourth-order valence-electron chi connectivity index (χ4n) is 1.39. The van der Waals surface area contributed by atoms with E-state index in [0.717, 1.165) is 5.57 Å². The van der Waals surface area contributed by atoms with Gasteiger partial charge in [0.1, 0.15) is 0 Å². The Labute approximate surface area is 59.7 Å². The molecule has 10 heavy (non-hydrogen) atoms. The normalized spacial score (nSPS) is 35.6. The van der Waals surface area contributed by atoms with Crippen molar-refractivity contribution < 1.29 is 4.79 Å². The van der Waals surface area contributed by atoms with Crippen LogP contribution in [0.25, 0.3) is 0 Å². The van der Waals surface area contributed by atoms with Crippen LogP contribution in [0.3, 0.4) is 0 Å². The summed E-state index contributed by atoms with van der Waals surface area (Å²) in [6.45, 7) is 3.73. The van der Waals surface area contributed by atoms with Crippen molar-refractivity contribution in [2.24, 2.45) is 11.8 Å². The van der Waals surface area contributed by atoms with E-state index < -0.39 is 0 Å². The molecule has 0 radical (unpaired) electrons. The molecule has 0 aromatic heterocycles. The number of fused-ring (bicyclic) bond motifs is 1. The predicted octanol–water partition coefficient (Wildman–Crippen LogP) is 1.48. The Morgan fingerprint density at radius 2 is 1.60 bits per heavy atom. The first kappa shape index (κ1) is 5.66. The Bertz CT molecular complexity index is 218. The molecule has 0 atom stereocenters. The highest BCUT2D eigenvalue weighted by Gasteiger charge is 2.28. The molecule has 0 fully saturated rings. The van der Waals surface area contributed by atoms with Crippen LogP contribution in [0.2, 0.25) is 0 Å². The zero-order chi connectivity index (χ0) is 7.14. The number of ketones is 1. The fraction of sp³-hybridized carbons (Fsp3) is 0.222. The SMILES string of the molecule is C=C1C(=O)C2C=CC1C=C2. The van der Waals surface area contributed by atoms with E-state index in [9.17, 15) is 4.79 Å². The molecular weight excluding hydrogens is 124 g/mol. The van der Waals surface area contributed by atoms with E-state index in [4.69, 9.17) is 0 Å².